The summed E-state index contributed by atoms with van der Waals surface area (Å²) in [5.41, 5.74) is 5.56. The van der Waals surface area contributed by atoms with E-state index in [-0.39, 0.29) is 5.91 Å². The van der Waals surface area contributed by atoms with E-state index < -0.39 is 0 Å². The van der Waals surface area contributed by atoms with E-state index in [1.807, 2.05) is 24.3 Å². The van der Waals surface area contributed by atoms with Crippen LogP contribution in [0.4, 0.5) is 5.69 Å². The van der Waals surface area contributed by atoms with E-state index in [0.717, 1.165) is 24.2 Å². The molecule has 2 N–H and O–H groups in total. The number of amides is 1. The molecule has 0 bridgehead atoms. The number of carbonyl (C=O) groups excluding carboxylic acids is 1. The predicted octanol–water partition coefficient (Wildman–Crippen LogP) is 3.35. The highest BCUT2D eigenvalue weighted by atomic mass is 16.5. The van der Waals surface area contributed by atoms with Gasteiger partial charge in [-0.2, -0.15) is 5.10 Å². The third-order valence-electron chi connectivity index (χ3n) is 3.76. The van der Waals surface area contributed by atoms with Crippen molar-refractivity contribution in [3.8, 4) is 11.5 Å². The third-order valence-corrected chi connectivity index (χ3v) is 3.76. The molecule has 0 aliphatic heterocycles. The van der Waals surface area contributed by atoms with Crippen molar-refractivity contribution in [3.63, 3.8) is 0 Å². The Morgan fingerprint density at radius 3 is 2.73 bits per heavy atom. The zero-order valence-electron chi connectivity index (χ0n) is 15.4. The fourth-order valence-electron chi connectivity index (χ4n) is 2.39. The van der Waals surface area contributed by atoms with Crippen molar-refractivity contribution in [2.45, 2.75) is 19.8 Å². The Balaban J connectivity index is 1.73. The Hall–Kier alpha value is -3.02. The molecule has 1 amide bonds. The van der Waals surface area contributed by atoms with Gasteiger partial charge in [-0.05, 0) is 43.2 Å². The maximum absolute atomic E-state index is 11.8. The number of ether oxygens (including phenoxy) is 2. The Morgan fingerprint density at radius 1 is 1.15 bits per heavy atom. The monoisotopic (exact) mass is 355 g/mol. The van der Waals surface area contributed by atoms with Gasteiger partial charge < -0.3 is 14.8 Å². The number of nitrogens with zero attached hydrogens (tertiary/aromatic N) is 1. The molecule has 0 saturated carbocycles. The standard InChI is InChI=1S/C20H25N3O3/c1-15-6-4-7-17(12-15)21-11-5-8-20(24)23-22-14-16-9-10-18(25-2)13-19(16)26-3/h4,6-7,9-10,12-14,21H,5,8,11H2,1-3H3,(H,23,24)/b22-14-. The third kappa shape index (κ3) is 6.12. The van der Waals surface area contributed by atoms with E-state index in [0.29, 0.717) is 17.9 Å². The van der Waals surface area contributed by atoms with Gasteiger partial charge in [-0.3, -0.25) is 4.79 Å². The van der Waals surface area contributed by atoms with Crippen LogP contribution in [0.5, 0.6) is 11.5 Å². The highest BCUT2D eigenvalue weighted by Crippen LogP contribution is 2.22. The van der Waals surface area contributed by atoms with Crippen LogP contribution in [-0.4, -0.2) is 32.9 Å². The smallest absolute Gasteiger partial charge is 0.240 e. The molecule has 0 spiro atoms. The van der Waals surface area contributed by atoms with Gasteiger partial charge in [0.2, 0.25) is 5.91 Å². The van der Waals surface area contributed by atoms with E-state index in [4.69, 9.17) is 9.47 Å². The van der Waals surface area contributed by atoms with Crippen LogP contribution in [-0.2, 0) is 4.79 Å². The normalized spacial score (nSPS) is 10.6. The summed E-state index contributed by atoms with van der Waals surface area (Å²) in [7, 11) is 3.17. The number of hydrogen-bond acceptors (Lipinski definition) is 5. The summed E-state index contributed by atoms with van der Waals surface area (Å²) in [6, 6.07) is 13.5. The van der Waals surface area contributed by atoms with Crippen molar-refractivity contribution >= 4 is 17.8 Å². The second kappa shape index (κ2) is 10.1. The molecule has 138 valence electrons. The van der Waals surface area contributed by atoms with Crippen LogP contribution in [0.1, 0.15) is 24.0 Å². The minimum atomic E-state index is -0.125. The Labute approximate surface area is 154 Å². The molecule has 0 aliphatic rings. The van der Waals surface area contributed by atoms with Crippen molar-refractivity contribution in [2.24, 2.45) is 5.10 Å². The molecule has 26 heavy (non-hydrogen) atoms. The van der Waals surface area contributed by atoms with Crippen LogP contribution >= 0.6 is 0 Å². The van der Waals surface area contributed by atoms with Gasteiger partial charge >= 0.3 is 0 Å². The molecule has 0 unspecified atom stereocenters. The van der Waals surface area contributed by atoms with Crippen LogP contribution in [0.15, 0.2) is 47.6 Å². The van der Waals surface area contributed by atoms with Crippen molar-refractivity contribution in [1.82, 2.24) is 5.43 Å². The molecule has 0 heterocycles. The number of benzene rings is 2. The fourth-order valence-corrected chi connectivity index (χ4v) is 2.39. The molecule has 0 aliphatic carbocycles. The molecule has 0 fully saturated rings. The van der Waals surface area contributed by atoms with Crippen LogP contribution < -0.4 is 20.2 Å². The summed E-state index contributed by atoms with van der Waals surface area (Å²) in [6.45, 7) is 2.78. The first kappa shape index (κ1) is 19.3. The number of hydrazone groups is 1. The quantitative estimate of drug-likeness (QED) is 0.411. The van der Waals surface area contributed by atoms with Crippen molar-refractivity contribution < 1.29 is 14.3 Å². The lowest BCUT2D eigenvalue weighted by molar-refractivity contribution is -0.121. The van der Waals surface area contributed by atoms with Crippen molar-refractivity contribution in [1.29, 1.82) is 0 Å². The number of carbonyl (C=O) groups is 1. The fraction of sp³-hybridized carbons (Fsp3) is 0.300. The van der Waals surface area contributed by atoms with Gasteiger partial charge in [0.05, 0.1) is 20.4 Å². The first-order valence-corrected chi connectivity index (χ1v) is 8.47. The lowest BCUT2D eigenvalue weighted by atomic mass is 10.2. The lowest BCUT2D eigenvalue weighted by Gasteiger charge is -2.07. The van der Waals surface area contributed by atoms with Crippen LogP contribution in [0.3, 0.4) is 0 Å². The number of nitrogens with one attached hydrogen (secondary N) is 2. The number of hydrogen-bond donors (Lipinski definition) is 2. The first-order chi connectivity index (χ1) is 12.6. The molecule has 0 saturated heterocycles. The van der Waals surface area contributed by atoms with Crippen molar-refractivity contribution in [2.75, 3.05) is 26.1 Å². The van der Waals surface area contributed by atoms with Gasteiger partial charge in [0.25, 0.3) is 0 Å². The molecule has 6 nitrogen and oxygen atoms in total. The molecule has 6 heteroatoms. The summed E-state index contributed by atoms with van der Waals surface area (Å²) in [6.07, 6.45) is 2.68. The lowest BCUT2D eigenvalue weighted by Crippen LogP contribution is -2.18. The number of anilines is 1. The number of methoxy groups -OCH3 is 2. The molecule has 0 aromatic heterocycles. The Morgan fingerprint density at radius 2 is 2.00 bits per heavy atom. The second-order valence-electron chi connectivity index (χ2n) is 5.80. The van der Waals surface area contributed by atoms with Crippen molar-refractivity contribution in [3.05, 3.63) is 53.6 Å². The second-order valence-corrected chi connectivity index (χ2v) is 5.80. The number of rotatable bonds is 9. The van der Waals surface area contributed by atoms with E-state index in [9.17, 15) is 4.79 Å². The highest BCUT2D eigenvalue weighted by molar-refractivity contribution is 5.85. The van der Waals surface area contributed by atoms with Crippen LogP contribution in [0, 0.1) is 6.92 Å². The summed E-state index contributed by atoms with van der Waals surface area (Å²) in [5.74, 6) is 1.20. The van der Waals surface area contributed by atoms with E-state index in [1.165, 1.54) is 5.56 Å². The summed E-state index contributed by atoms with van der Waals surface area (Å²) >= 11 is 0. The molecule has 2 aromatic carbocycles. The molecule has 2 rings (SSSR count). The molecule has 2 aromatic rings. The van der Waals surface area contributed by atoms with Gasteiger partial charge in [0.15, 0.2) is 0 Å². The average molecular weight is 355 g/mol. The molecule has 0 radical (unpaired) electrons. The van der Waals surface area contributed by atoms with E-state index in [2.05, 4.69) is 34.9 Å². The van der Waals surface area contributed by atoms with Crippen LogP contribution in [0.25, 0.3) is 0 Å². The topological polar surface area (TPSA) is 72.0 Å². The Bertz CT molecular complexity index is 760. The minimum absolute atomic E-state index is 0.125. The van der Waals surface area contributed by atoms with E-state index in [1.54, 1.807) is 26.5 Å². The number of aryl methyl sites for hydroxylation is 1. The Kier molecular flexibility index (Phi) is 7.49. The average Bonchev–Trinajstić information content (AvgIpc) is 2.65. The molecular weight excluding hydrogens is 330 g/mol. The summed E-state index contributed by atoms with van der Waals surface area (Å²) in [5, 5.41) is 7.29. The predicted molar refractivity (Wildman–Crippen MR) is 104 cm³/mol. The largest absolute Gasteiger partial charge is 0.497 e. The molecule has 0 atom stereocenters. The molecular formula is C20H25N3O3. The van der Waals surface area contributed by atoms with Crippen LogP contribution in [0.2, 0.25) is 0 Å². The maximum Gasteiger partial charge on any atom is 0.240 e. The van der Waals surface area contributed by atoms with E-state index >= 15 is 0 Å². The SMILES string of the molecule is COc1ccc(/C=N\NC(=O)CCCNc2cccc(C)c2)c(OC)c1. The zero-order valence-corrected chi connectivity index (χ0v) is 15.4. The zero-order chi connectivity index (χ0) is 18.8. The van der Waals surface area contributed by atoms with Gasteiger partial charge in [-0.25, -0.2) is 5.43 Å². The minimum Gasteiger partial charge on any atom is -0.497 e. The maximum atomic E-state index is 11.8. The summed E-state index contributed by atoms with van der Waals surface area (Å²) < 4.78 is 10.4. The first-order valence-electron chi connectivity index (χ1n) is 8.47. The van der Waals surface area contributed by atoms with Gasteiger partial charge in [0, 0.05) is 30.3 Å². The van der Waals surface area contributed by atoms with Gasteiger partial charge in [0.1, 0.15) is 11.5 Å². The van der Waals surface area contributed by atoms with Gasteiger partial charge in [-0.15, -0.1) is 0 Å². The highest BCUT2D eigenvalue weighted by Gasteiger charge is 2.03. The summed E-state index contributed by atoms with van der Waals surface area (Å²) in [4.78, 5) is 11.8. The van der Waals surface area contributed by atoms with Gasteiger partial charge in [-0.1, -0.05) is 12.1 Å².